The minimum absolute atomic E-state index is 0.169. The molecule has 0 aromatic heterocycles. The van der Waals surface area contributed by atoms with E-state index >= 15 is 0 Å². The van der Waals surface area contributed by atoms with Gasteiger partial charge in [-0.05, 0) is 18.2 Å². The molecule has 1 aromatic rings. The van der Waals surface area contributed by atoms with Crippen LogP contribution in [-0.2, 0) is 0 Å². The van der Waals surface area contributed by atoms with Gasteiger partial charge in [0.25, 0.3) is 5.91 Å². The van der Waals surface area contributed by atoms with Gasteiger partial charge in [0.1, 0.15) is 5.82 Å². The molecule has 1 aromatic carbocycles. The molecule has 0 aliphatic carbocycles. The van der Waals surface area contributed by atoms with Crippen molar-refractivity contribution in [3.8, 4) is 0 Å². The number of nitrogens with one attached hydrogen (secondary N) is 1. The molecule has 5 heteroatoms. The molecule has 0 aliphatic rings. The Morgan fingerprint density at radius 1 is 1.43 bits per heavy atom. The summed E-state index contributed by atoms with van der Waals surface area (Å²) in [7, 11) is 1.37. The molecule has 0 fully saturated rings. The Morgan fingerprint density at radius 2 is 2.07 bits per heavy atom. The summed E-state index contributed by atoms with van der Waals surface area (Å²) in [6, 6.07) is 3.13. The zero-order valence-electron chi connectivity index (χ0n) is 7.37. The number of carboxylic acids is 1. The summed E-state index contributed by atoms with van der Waals surface area (Å²) in [5, 5.41) is 10.8. The first-order chi connectivity index (χ1) is 6.56. The molecule has 4 nitrogen and oxygen atoms in total. The molecular formula is C9H8FNO3. The maximum Gasteiger partial charge on any atom is 0.335 e. The molecular weight excluding hydrogens is 189 g/mol. The first kappa shape index (κ1) is 10.2. The second-order valence-electron chi connectivity index (χ2n) is 2.58. The molecule has 14 heavy (non-hydrogen) atoms. The van der Waals surface area contributed by atoms with Crippen LogP contribution in [0.2, 0.25) is 0 Å². The van der Waals surface area contributed by atoms with Gasteiger partial charge in [-0.1, -0.05) is 0 Å². The van der Waals surface area contributed by atoms with Crippen LogP contribution in [0.5, 0.6) is 0 Å². The molecule has 0 saturated heterocycles. The average Bonchev–Trinajstić information content (AvgIpc) is 2.16. The molecule has 74 valence electrons. The normalized spacial score (nSPS) is 9.57. The van der Waals surface area contributed by atoms with Gasteiger partial charge >= 0.3 is 5.97 Å². The molecule has 1 amide bonds. The summed E-state index contributed by atoms with van der Waals surface area (Å²) in [6.45, 7) is 0. The van der Waals surface area contributed by atoms with E-state index in [0.29, 0.717) is 0 Å². The van der Waals surface area contributed by atoms with E-state index in [1.54, 1.807) is 0 Å². The SMILES string of the molecule is CNC(=O)c1ccc(C(=O)O)cc1F. The van der Waals surface area contributed by atoms with E-state index in [4.69, 9.17) is 5.11 Å². The van der Waals surface area contributed by atoms with E-state index in [9.17, 15) is 14.0 Å². The molecule has 0 bridgehead atoms. The van der Waals surface area contributed by atoms with E-state index in [1.807, 2.05) is 0 Å². The minimum atomic E-state index is -1.23. The number of rotatable bonds is 2. The predicted octanol–water partition coefficient (Wildman–Crippen LogP) is 0.884. The number of halogens is 1. The van der Waals surface area contributed by atoms with Crippen molar-refractivity contribution in [1.29, 1.82) is 0 Å². The van der Waals surface area contributed by atoms with E-state index in [2.05, 4.69) is 5.32 Å². The number of carbonyl (C=O) groups excluding carboxylic acids is 1. The number of aromatic carboxylic acids is 1. The molecule has 0 radical (unpaired) electrons. The number of carboxylic acid groups (broad SMARTS) is 1. The van der Waals surface area contributed by atoms with Crippen LogP contribution in [0.25, 0.3) is 0 Å². The highest BCUT2D eigenvalue weighted by atomic mass is 19.1. The van der Waals surface area contributed by atoms with Gasteiger partial charge in [0.15, 0.2) is 0 Å². The summed E-state index contributed by atoms with van der Waals surface area (Å²) in [4.78, 5) is 21.5. The maximum absolute atomic E-state index is 13.1. The highest BCUT2D eigenvalue weighted by Gasteiger charge is 2.12. The van der Waals surface area contributed by atoms with Gasteiger partial charge in [-0.2, -0.15) is 0 Å². The minimum Gasteiger partial charge on any atom is -0.478 e. The number of hydrogen-bond acceptors (Lipinski definition) is 2. The largest absolute Gasteiger partial charge is 0.478 e. The number of hydrogen-bond donors (Lipinski definition) is 2. The fourth-order valence-electron chi connectivity index (χ4n) is 0.967. The van der Waals surface area contributed by atoms with Crippen molar-refractivity contribution in [2.24, 2.45) is 0 Å². The third-order valence-corrected chi connectivity index (χ3v) is 1.69. The van der Waals surface area contributed by atoms with Crippen molar-refractivity contribution in [3.63, 3.8) is 0 Å². The van der Waals surface area contributed by atoms with Gasteiger partial charge in [0, 0.05) is 7.05 Å². The molecule has 0 heterocycles. The Labute approximate surface area is 79.4 Å². The van der Waals surface area contributed by atoms with E-state index in [1.165, 1.54) is 13.1 Å². The smallest absolute Gasteiger partial charge is 0.335 e. The molecule has 2 N–H and O–H groups in total. The summed E-state index contributed by atoms with van der Waals surface area (Å²) in [6.07, 6.45) is 0. The van der Waals surface area contributed by atoms with Crippen LogP contribution in [-0.4, -0.2) is 24.0 Å². The van der Waals surface area contributed by atoms with Crippen molar-refractivity contribution >= 4 is 11.9 Å². The Bertz CT molecular complexity index is 390. The zero-order chi connectivity index (χ0) is 10.7. The average molecular weight is 197 g/mol. The molecule has 0 unspecified atom stereocenters. The lowest BCUT2D eigenvalue weighted by Gasteiger charge is -2.01. The van der Waals surface area contributed by atoms with Crippen molar-refractivity contribution < 1.29 is 19.1 Å². The topological polar surface area (TPSA) is 66.4 Å². The molecule has 0 aliphatic heterocycles. The van der Waals surface area contributed by atoms with Gasteiger partial charge in [0.2, 0.25) is 0 Å². The van der Waals surface area contributed by atoms with Crippen LogP contribution in [0.3, 0.4) is 0 Å². The van der Waals surface area contributed by atoms with E-state index in [0.717, 1.165) is 12.1 Å². The fourth-order valence-corrected chi connectivity index (χ4v) is 0.967. The quantitative estimate of drug-likeness (QED) is 0.739. The highest BCUT2D eigenvalue weighted by Crippen LogP contribution is 2.10. The van der Waals surface area contributed by atoms with Crippen molar-refractivity contribution in [1.82, 2.24) is 5.32 Å². The van der Waals surface area contributed by atoms with Gasteiger partial charge in [-0.3, -0.25) is 4.79 Å². The number of amides is 1. The lowest BCUT2D eigenvalue weighted by molar-refractivity contribution is 0.0695. The zero-order valence-corrected chi connectivity index (χ0v) is 7.37. The van der Waals surface area contributed by atoms with Crippen molar-refractivity contribution in [2.75, 3.05) is 7.05 Å². The molecule has 0 spiro atoms. The number of carbonyl (C=O) groups is 2. The summed E-state index contributed by atoms with van der Waals surface area (Å²) < 4.78 is 13.1. The molecule has 1 rings (SSSR count). The second-order valence-corrected chi connectivity index (χ2v) is 2.58. The third-order valence-electron chi connectivity index (χ3n) is 1.69. The first-order valence-corrected chi connectivity index (χ1v) is 3.81. The Kier molecular flexibility index (Phi) is 2.81. The summed E-state index contributed by atoms with van der Waals surface area (Å²) in [5.41, 5.74) is -0.354. The van der Waals surface area contributed by atoms with Crippen molar-refractivity contribution in [3.05, 3.63) is 35.1 Å². The van der Waals surface area contributed by atoms with Crippen LogP contribution >= 0.6 is 0 Å². The van der Waals surface area contributed by atoms with E-state index < -0.39 is 17.7 Å². The second kappa shape index (κ2) is 3.87. The third kappa shape index (κ3) is 1.87. The van der Waals surface area contributed by atoms with Gasteiger partial charge in [-0.15, -0.1) is 0 Å². The van der Waals surface area contributed by atoms with Crippen LogP contribution in [0.4, 0.5) is 4.39 Å². The van der Waals surface area contributed by atoms with E-state index in [-0.39, 0.29) is 11.1 Å². The Balaban J connectivity index is 3.14. The predicted molar refractivity (Wildman–Crippen MR) is 46.7 cm³/mol. The van der Waals surface area contributed by atoms with Crippen LogP contribution < -0.4 is 5.32 Å². The fraction of sp³-hybridized carbons (Fsp3) is 0.111. The monoisotopic (exact) mass is 197 g/mol. The lowest BCUT2D eigenvalue weighted by atomic mass is 10.1. The maximum atomic E-state index is 13.1. The first-order valence-electron chi connectivity index (χ1n) is 3.81. The Morgan fingerprint density at radius 3 is 2.50 bits per heavy atom. The van der Waals surface area contributed by atoms with Crippen LogP contribution in [0, 0.1) is 5.82 Å². The van der Waals surface area contributed by atoms with Crippen LogP contribution in [0.15, 0.2) is 18.2 Å². The van der Waals surface area contributed by atoms with Gasteiger partial charge in [0.05, 0.1) is 11.1 Å². The van der Waals surface area contributed by atoms with Gasteiger partial charge in [-0.25, -0.2) is 9.18 Å². The van der Waals surface area contributed by atoms with Crippen LogP contribution in [0.1, 0.15) is 20.7 Å². The Hall–Kier alpha value is -1.91. The number of benzene rings is 1. The van der Waals surface area contributed by atoms with Crippen molar-refractivity contribution in [2.45, 2.75) is 0 Å². The van der Waals surface area contributed by atoms with Gasteiger partial charge < -0.3 is 10.4 Å². The standard InChI is InChI=1S/C9H8FNO3/c1-11-8(12)6-3-2-5(9(13)14)4-7(6)10/h2-4H,1H3,(H,11,12)(H,13,14). The molecule has 0 atom stereocenters. The lowest BCUT2D eigenvalue weighted by Crippen LogP contribution is -2.19. The summed E-state index contributed by atoms with van der Waals surface area (Å²) in [5.74, 6) is -2.66. The highest BCUT2D eigenvalue weighted by molar-refractivity contribution is 5.95. The summed E-state index contributed by atoms with van der Waals surface area (Å²) >= 11 is 0. The molecule has 0 saturated carbocycles.